The quantitative estimate of drug-likeness (QED) is 0.413. The number of carbonyl (C=O) groups excluding carboxylic acids is 1. The monoisotopic (exact) mass is 441 g/mol. The fourth-order valence-electron chi connectivity index (χ4n) is 3.61. The molecule has 6 nitrogen and oxygen atoms in total. The SMILES string of the molecule is COc1ccc(CCNC(=O)c2cn(Cc3ccccc3)nc2-c2ccc(OC)cc2)cc1. The molecular formula is C27H27N3O3. The van der Waals surface area contributed by atoms with E-state index in [-0.39, 0.29) is 5.91 Å². The van der Waals surface area contributed by atoms with Gasteiger partial charge in [-0.05, 0) is 53.9 Å². The molecule has 1 amide bonds. The van der Waals surface area contributed by atoms with Gasteiger partial charge < -0.3 is 14.8 Å². The number of carbonyl (C=O) groups is 1. The van der Waals surface area contributed by atoms with Crippen molar-refractivity contribution in [3.05, 3.63) is 102 Å². The highest BCUT2D eigenvalue weighted by Crippen LogP contribution is 2.25. The Balaban J connectivity index is 1.52. The number of benzene rings is 3. The van der Waals surface area contributed by atoms with Gasteiger partial charge in [0.2, 0.25) is 0 Å². The maximum Gasteiger partial charge on any atom is 0.255 e. The van der Waals surface area contributed by atoms with Crippen LogP contribution in [-0.2, 0) is 13.0 Å². The van der Waals surface area contributed by atoms with E-state index in [0.29, 0.717) is 24.3 Å². The third kappa shape index (κ3) is 5.60. The molecule has 0 radical (unpaired) electrons. The van der Waals surface area contributed by atoms with Gasteiger partial charge in [-0.25, -0.2) is 0 Å². The van der Waals surface area contributed by atoms with E-state index < -0.39 is 0 Å². The fourth-order valence-corrected chi connectivity index (χ4v) is 3.61. The summed E-state index contributed by atoms with van der Waals surface area (Å²) in [5.74, 6) is 1.43. The Kier molecular flexibility index (Phi) is 7.05. The zero-order valence-corrected chi connectivity index (χ0v) is 18.8. The molecule has 0 aliphatic rings. The van der Waals surface area contributed by atoms with E-state index in [1.165, 1.54) is 0 Å². The fraction of sp³-hybridized carbons (Fsp3) is 0.185. The number of hydrogen-bond acceptors (Lipinski definition) is 4. The first-order valence-electron chi connectivity index (χ1n) is 10.8. The van der Waals surface area contributed by atoms with Crippen molar-refractivity contribution in [1.82, 2.24) is 15.1 Å². The first-order chi connectivity index (χ1) is 16.2. The summed E-state index contributed by atoms with van der Waals surface area (Å²) >= 11 is 0. The molecule has 0 spiro atoms. The number of ether oxygens (including phenoxy) is 2. The molecule has 0 atom stereocenters. The lowest BCUT2D eigenvalue weighted by Crippen LogP contribution is -2.25. The normalized spacial score (nSPS) is 10.6. The van der Waals surface area contributed by atoms with Crippen LogP contribution in [-0.4, -0.2) is 36.5 Å². The lowest BCUT2D eigenvalue weighted by Gasteiger charge is -2.07. The predicted molar refractivity (Wildman–Crippen MR) is 129 cm³/mol. The second-order valence-corrected chi connectivity index (χ2v) is 7.66. The summed E-state index contributed by atoms with van der Waals surface area (Å²) in [6, 6.07) is 25.5. The zero-order chi connectivity index (χ0) is 23.0. The number of rotatable bonds is 9. The molecule has 168 valence electrons. The summed E-state index contributed by atoms with van der Waals surface area (Å²) in [5.41, 5.74) is 4.31. The van der Waals surface area contributed by atoms with Crippen molar-refractivity contribution < 1.29 is 14.3 Å². The maximum atomic E-state index is 13.1. The van der Waals surface area contributed by atoms with Gasteiger partial charge in [-0.15, -0.1) is 0 Å². The molecule has 0 unspecified atom stereocenters. The number of nitrogens with zero attached hydrogens (tertiary/aromatic N) is 2. The van der Waals surface area contributed by atoms with Gasteiger partial charge in [0.15, 0.2) is 0 Å². The van der Waals surface area contributed by atoms with Crippen molar-refractivity contribution in [3.63, 3.8) is 0 Å². The van der Waals surface area contributed by atoms with Crippen LogP contribution in [0.5, 0.6) is 11.5 Å². The summed E-state index contributed by atoms with van der Waals surface area (Å²) in [6.45, 7) is 1.11. The standard InChI is InChI=1S/C27H27N3O3/c1-32-23-12-8-20(9-13-23)16-17-28-27(31)25-19-30(18-21-6-4-3-5-7-21)29-26(25)22-10-14-24(33-2)15-11-22/h3-15,19H,16-18H2,1-2H3,(H,28,31). The molecule has 0 aliphatic carbocycles. The summed E-state index contributed by atoms with van der Waals surface area (Å²) < 4.78 is 12.3. The van der Waals surface area contributed by atoms with Gasteiger partial charge in [-0.1, -0.05) is 42.5 Å². The molecule has 1 aromatic heterocycles. The molecule has 0 saturated carbocycles. The predicted octanol–water partition coefficient (Wildman–Crippen LogP) is 4.59. The zero-order valence-electron chi connectivity index (χ0n) is 18.8. The third-order valence-corrected chi connectivity index (χ3v) is 5.42. The molecule has 1 N–H and O–H groups in total. The van der Waals surface area contributed by atoms with Crippen LogP contribution in [0.25, 0.3) is 11.3 Å². The van der Waals surface area contributed by atoms with Crippen molar-refractivity contribution in [2.24, 2.45) is 0 Å². The Morgan fingerprint density at radius 3 is 2.12 bits per heavy atom. The third-order valence-electron chi connectivity index (χ3n) is 5.42. The smallest absolute Gasteiger partial charge is 0.255 e. The Morgan fingerprint density at radius 2 is 1.48 bits per heavy atom. The van der Waals surface area contributed by atoms with E-state index in [4.69, 9.17) is 14.6 Å². The average molecular weight is 442 g/mol. The molecule has 0 fully saturated rings. The molecule has 0 saturated heterocycles. The second kappa shape index (κ2) is 10.5. The van der Waals surface area contributed by atoms with Crippen molar-refractivity contribution in [2.75, 3.05) is 20.8 Å². The minimum atomic E-state index is -0.145. The summed E-state index contributed by atoms with van der Waals surface area (Å²) in [5, 5.41) is 7.78. The van der Waals surface area contributed by atoms with Gasteiger partial charge in [-0.2, -0.15) is 5.10 Å². The summed E-state index contributed by atoms with van der Waals surface area (Å²) in [4.78, 5) is 13.1. The van der Waals surface area contributed by atoms with Crippen LogP contribution >= 0.6 is 0 Å². The summed E-state index contributed by atoms with van der Waals surface area (Å²) in [6.07, 6.45) is 2.54. The van der Waals surface area contributed by atoms with Crippen LogP contribution in [0.2, 0.25) is 0 Å². The van der Waals surface area contributed by atoms with Gasteiger partial charge in [0.1, 0.15) is 17.2 Å². The molecular weight excluding hydrogens is 414 g/mol. The van der Waals surface area contributed by atoms with Gasteiger partial charge >= 0.3 is 0 Å². The minimum Gasteiger partial charge on any atom is -0.497 e. The Hall–Kier alpha value is -4.06. The number of amides is 1. The topological polar surface area (TPSA) is 65.4 Å². The Labute approximate surface area is 193 Å². The van der Waals surface area contributed by atoms with Crippen molar-refractivity contribution in [1.29, 1.82) is 0 Å². The highest BCUT2D eigenvalue weighted by atomic mass is 16.5. The van der Waals surface area contributed by atoms with Crippen LogP contribution in [0.1, 0.15) is 21.5 Å². The lowest BCUT2D eigenvalue weighted by atomic mass is 10.1. The van der Waals surface area contributed by atoms with Crippen LogP contribution in [0.15, 0.2) is 85.1 Å². The Morgan fingerprint density at radius 1 is 0.848 bits per heavy atom. The van der Waals surface area contributed by atoms with E-state index in [9.17, 15) is 4.79 Å². The highest BCUT2D eigenvalue weighted by Gasteiger charge is 2.18. The van der Waals surface area contributed by atoms with E-state index in [2.05, 4.69) is 5.32 Å². The number of methoxy groups -OCH3 is 2. The molecule has 4 aromatic rings. The van der Waals surface area contributed by atoms with Gasteiger partial charge in [0, 0.05) is 18.3 Å². The minimum absolute atomic E-state index is 0.145. The van der Waals surface area contributed by atoms with E-state index in [1.807, 2.05) is 89.7 Å². The average Bonchev–Trinajstić information content (AvgIpc) is 3.29. The number of hydrogen-bond donors (Lipinski definition) is 1. The van der Waals surface area contributed by atoms with Crippen LogP contribution < -0.4 is 14.8 Å². The molecule has 4 rings (SSSR count). The van der Waals surface area contributed by atoms with E-state index in [1.54, 1.807) is 14.2 Å². The second-order valence-electron chi connectivity index (χ2n) is 7.66. The molecule has 0 bridgehead atoms. The molecule has 1 heterocycles. The van der Waals surface area contributed by atoms with Gasteiger partial charge in [-0.3, -0.25) is 9.48 Å². The molecule has 0 aliphatic heterocycles. The first-order valence-corrected chi connectivity index (χ1v) is 10.8. The van der Waals surface area contributed by atoms with Crippen LogP contribution in [0, 0.1) is 0 Å². The van der Waals surface area contributed by atoms with Crippen LogP contribution in [0.4, 0.5) is 0 Å². The van der Waals surface area contributed by atoms with Crippen molar-refractivity contribution >= 4 is 5.91 Å². The maximum absolute atomic E-state index is 13.1. The number of aromatic nitrogens is 2. The molecule has 33 heavy (non-hydrogen) atoms. The molecule has 3 aromatic carbocycles. The van der Waals surface area contributed by atoms with Crippen molar-refractivity contribution in [3.8, 4) is 22.8 Å². The summed E-state index contributed by atoms with van der Waals surface area (Å²) in [7, 11) is 3.28. The number of nitrogens with one attached hydrogen (secondary N) is 1. The van der Waals surface area contributed by atoms with Gasteiger partial charge in [0.25, 0.3) is 5.91 Å². The Bertz CT molecular complexity index is 1180. The van der Waals surface area contributed by atoms with Crippen molar-refractivity contribution in [2.45, 2.75) is 13.0 Å². The largest absolute Gasteiger partial charge is 0.497 e. The van der Waals surface area contributed by atoms with E-state index >= 15 is 0 Å². The van der Waals surface area contributed by atoms with Crippen LogP contribution in [0.3, 0.4) is 0 Å². The van der Waals surface area contributed by atoms with E-state index in [0.717, 1.165) is 34.6 Å². The first kappa shape index (κ1) is 22.1. The lowest BCUT2D eigenvalue weighted by molar-refractivity contribution is 0.0954. The van der Waals surface area contributed by atoms with Gasteiger partial charge in [0.05, 0.1) is 26.3 Å². The molecule has 6 heteroatoms. The highest BCUT2D eigenvalue weighted by molar-refractivity contribution is 5.99.